The number of guanidine groups is 1. The molecule has 3 aromatic rings. The monoisotopic (exact) mass is 957 g/mol. The van der Waals surface area contributed by atoms with Crippen molar-refractivity contribution in [2.75, 3.05) is 13.2 Å². The molecule has 0 spiro atoms. The summed E-state index contributed by atoms with van der Waals surface area (Å²) in [5, 5.41) is 43.1. The molecule has 0 unspecified atom stereocenters. The first-order chi connectivity index (χ1) is 32.7. The van der Waals surface area contributed by atoms with E-state index in [2.05, 4.69) is 36.9 Å². The molecular weight excluding hydrogens is 899 g/mol. The number of carboxylic acid groups (broad SMARTS) is 3. The fourth-order valence-electron chi connectivity index (χ4n) is 7.51. The number of alkyl carbamates (subject to hydrolysis) is 1. The number of benzene rings is 3. The number of nitrogens with one attached hydrogen (secondary N) is 6. The highest BCUT2D eigenvalue weighted by molar-refractivity contribution is 5.98. The summed E-state index contributed by atoms with van der Waals surface area (Å²) in [5.41, 5.74) is 15.4. The van der Waals surface area contributed by atoms with Crippen molar-refractivity contribution < 1.29 is 63.2 Å². The molecule has 1 aliphatic carbocycles. The SMILES string of the molecule is CC(C)[C@H](NC(=O)OCC1c2ccccc2-c2ccccc21)C(=O)N[C@@H](CC(=O)O)C(=O)N[C@@H](CCC(=O)O)C(=O)N[C@@H](CCCN=C(N)N)C(=O)N[C@@H](Cc1ccccc1)C(=O)N[C@@H](C)C(=O)O. The van der Waals surface area contributed by atoms with E-state index in [4.69, 9.17) is 16.2 Å². The van der Waals surface area contributed by atoms with Gasteiger partial charge in [0.25, 0.3) is 0 Å². The molecule has 22 nitrogen and oxygen atoms in total. The summed E-state index contributed by atoms with van der Waals surface area (Å²) in [6.07, 6.45) is -3.46. The third kappa shape index (κ3) is 16.4. The van der Waals surface area contributed by atoms with E-state index in [1.165, 1.54) is 6.92 Å². The largest absolute Gasteiger partial charge is 0.481 e. The van der Waals surface area contributed by atoms with Gasteiger partial charge >= 0.3 is 24.0 Å². The fraction of sp³-hybridized carbons (Fsp3) is 0.404. The molecule has 3 aromatic carbocycles. The number of carboxylic acids is 3. The quantitative estimate of drug-likeness (QED) is 0.0300. The number of hydrogen-bond donors (Lipinski definition) is 11. The van der Waals surface area contributed by atoms with Crippen LogP contribution in [0.2, 0.25) is 0 Å². The molecule has 0 aromatic heterocycles. The summed E-state index contributed by atoms with van der Waals surface area (Å²) in [6, 6.07) is 14.6. The number of nitrogens with zero attached hydrogens (tertiary/aromatic N) is 1. The lowest BCUT2D eigenvalue weighted by Gasteiger charge is -2.27. The van der Waals surface area contributed by atoms with Crippen LogP contribution in [0.1, 0.15) is 75.5 Å². The maximum Gasteiger partial charge on any atom is 0.407 e. The van der Waals surface area contributed by atoms with Crippen molar-refractivity contribution in [3.63, 3.8) is 0 Å². The number of rotatable bonds is 26. The Bertz CT molecular complexity index is 2330. The highest BCUT2D eigenvalue weighted by Gasteiger charge is 2.36. The topological polar surface area (TPSA) is 360 Å². The minimum absolute atomic E-state index is 0.0185. The number of amides is 6. The van der Waals surface area contributed by atoms with Crippen LogP contribution in [0.15, 0.2) is 83.9 Å². The average Bonchev–Trinajstić information content (AvgIpc) is 3.62. The lowest BCUT2D eigenvalue weighted by Crippen LogP contribution is -2.60. The summed E-state index contributed by atoms with van der Waals surface area (Å²) < 4.78 is 5.60. The van der Waals surface area contributed by atoms with Crippen molar-refractivity contribution in [2.45, 2.75) is 101 Å². The molecule has 0 radical (unpaired) electrons. The first-order valence-corrected chi connectivity index (χ1v) is 22.1. The average molecular weight is 958 g/mol. The second kappa shape index (κ2) is 25.8. The lowest BCUT2D eigenvalue weighted by atomic mass is 9.98. The van der Waals surface area contributed by atoms with Gasteiger partial charge in [0, 0.05) is 25.3 Å². The first-order valence-electron chi connectivity index (χ1n) is 22.1. The normalized spacial score (nSPS) is 14.1. The van der Waals surface area contributed by atoms with Crippen molar-refractivity contribution in [2.24, 2.45) is 22.4 Å². The van der Waals surface area contributed by atoms with Gasteiger partial charge in [-0.25, -0.2) is 4.79 Å². The van der Waals surface area contributed by atoms with Crippen molar-refractivity contribution in [1.82, 2.24) is 31.9 Å². The van der Waals surface area contributed by atoms with E-state index < -0.39 is 115 Å². The van der Waals surface area contributed by atoms with Gasteiger partial charge in [-0.1, -0.05) is 92.7 Å². The van der Waals surface area contributed by atoms with Gasteiger partial charge in [-0.15, -0.1) is 0 Å². The van der Waals surface area contributed by atoms with Crippen LogP contribution in [-0.4, -0.2) is 124 Å². The van der Waals surface area contributed by atoms with Gasteiger partial charge in [0.05, 0.1) is 6.42 Å². The summed E-state index contributed by atoms with van der Waals surface area (Å²) in [7, 11) is 0. The third-order valence-corrected chi connectivity index (χ3v) is 11.1. The number of carbonyl (C=O) groups excluding carboxylic acids is 6. The van der Waals surface area contributed by atoms with E-state index in [1.54, 1.807) is 44.2 Å². The predicted octanol–water partition coefficient (Wildman–Crippen LogP) is 0.714. The Labute approximate surface area is 397 Å². The highest BCUT2D eigenvalue weighted by Crippen LogP contribution is 2.44. The van der Waals surface area contributed by atoms with Gasteiger partial charge in [-0.2, -0.15) is 0 Å². The van der Waals surface area contributed by atoms with Gasteiger partial charge < -0.3 is 63.4 Å². The minimum Gasteiger partial charge on any atom is -0.481 e. The van der Waals surface area contributed by atoms with Crippen molar-refractivity contribution in [1.29, 1.82) is 0 Å². The zero-order valence-corrected chi connectivity index (χ0v) is 38.3. The minimum atomic E-state index is -1.87. The number of carbonyl (C=O) groups is 9. The Morgan fingerprint density at radius 2 is 1.12 bits per heavy atom. The summed E-state index contributed by atoms with van der Waals surface area (Å²) >= 11 is 0. The Morgan fingerprint density at radius 1 is 0.609 bits per heavy atom. The molecule has 13 N–H and O–H groups in total. The van der Waals surface area contributed by atoms with Gasteiger partial charge in [-0.05, 0) is 59.9 Å². The molecule has 69 heavy (non-hydrogen) atoms. The summed E-state index contributed by atoms with van der Waals surface area (Å²) in [5.74, 6) is -10.6. The number of hydrogen-bond acceptors (Lipinski definition) is 11. The Kier molecular flexibility index (Phi) is 20.0. The molecule has 0 fully saturated rings. The predicted molar refractivity (Wildman–Crippen MR) is 249 cm³/mol. The molecule has 0 heterocycles. The highest BCUT2D eigenvalue weighted by atomic mass is 16.5. The van der Waals surface area contributed by atoms with E-state index in [9.17, 15) is 58.5 Å². The van der Waals surface area contributed by atoms with Gasteiger partial charge in [0.1, 0.15) is 42.9 Å². The summed E-state index contributed by atoms with van der Waals surface area (Å²) in [4.78, 5) is 121. The molecule has 0 saturated heterocycles. The van der Waals surface area contributed by atoms with E-state index >= 15 is 0 Å². The standard InChI is InChI=1S/C47H59N9O13/c1-25(2)39(56-47(68)69-24-32-30-16-9-7-14-28(30)29-15-8-10-17-31(29)32)44(65)55-36(23-38(59)60)43(64)53-34(19-20-37(57)58)41(62)52-33(18-11-21-50-46(48)49)40(61)54-35(22-27-12-5-4-6-13-27)42(63)51-26(3)45(66)67/h4-10,12-17,25-26,32-36,39H,11,18-24H2,1-3H3,(H,51,63)(H,52,62)(H,53,64)(H,54,61)(H,55,65)(H,56,68)(H,57,58)(H,59,60)(H,66,67)(H4,48,49,50)/t26-,33-,34-,35-,36-,39-/m0/s1. The second-order valence-corrected chi connectivity index (χ2v) is 16.7. The van der Waals surface area contributed by atoms with E-state index in [0.29, 0.717) is 5.56 Å². The van der Waals surface area contributed by atoms with Crippen LogP contribution in [0.3, 0.4) is 0 Å². The maximum absolute atomic E-state index is 14.0. The molecule has 6 amide bonds. The zero-order valence-electron chi connectivity index (χ0n) is 38.3. The first kappa shape index (κ1) is 53.6. The molecular formula is C47H59N9O13. The third-order valence-electron chi connectivity index (χ3n) is 11.1. The summed E-state index contributed by atoms with van der Waals surface area (Å²) in [6.45, 7) is 4.30. The smallest absolute Gasteiger partial charge is 0.407 e. The molecule has 0 saturated carbocycles. The Hall–Kier alpha value is -8.04. The van der Waals surface area contributed by atoms with Crippen LogP contribution in [0.25, 0.3) is 11.1 Å². The van der Waals surface area contributed by atoms with Gasteiger partial charge in [-0.3, -0.25) is 43.3 Å². The van der Waals surface area contributed by atoms with Gasteiger partial charge in [0.2, 0.25) is 29.5 Å². The molecule has 1 aliphatic rings. The van der Waals surface area contributed by atoms with Crippen LogP contribution in [-0.2, 0) is 49.5 Å². The maximum atomic E-state index is 14.0. The molecule has 22 heteroatoms. The zero-order chi connectivity index (χ0) is 50.8. The number of fused-ring (bicyclic) bond motifs is 3. The van der Waals surface area contributed by atoms with E-state index in [1.807, 2.05) is 48.5 Å². The molecule has 6 atom stereocenters. The number of nitrogens with two attached hydrogens (primary N) is 2. The van der Waals surface area contributed by atoms with E-state index in [0.717, 1.165) is 22.3 Å². The van der Waals surface area contributed by atoms with Crippen LogP contribution in [0.5, 0.6) is 0 Å². The van der Waals surface area contributed by atoms with Crippen LogP contribution in [0, 0.1) is 5.92 Å². The number of aliphatic carboxylic acids is 3. The number of ether oxygens (including phenoxy) is 1. The van der Waals surface area contributed by atoms with E-state index in [-0.39, 0.29) is 44.3 Å². The lowest BCUT2D eigenvalue weighted by molar-refractivity contribution is -0.142. The van der Waals surface area contributed by atoms with Crippen LogP contribution in [0.4, 0.5) is 4.79 Å². The fourth-order valence-corrected chi connectivity index (χ4v) is 7.51. The van der Waals surface area contributed by atoms with Gasteiger partial charge in [0.15, 0.2) is 5.96 Å². The van der Waals surface area contributed by atoms with Crippen LogP contribution < -0.4 is 43.4 Å². The molecule has 0 bridgehead atoms. The Morgan fingerprint density at radius 3 is 1.65 bits per heavy atom. The van der Waals surface area contributed by atoms with Crippen LogP contribution >= 0.6 is 0 Å². The Balaban J connectivity index is 1.51. The molecule has 370 valence electrons. The second-order valence-electron chi connectivity index (χ2n) is 16.7. The number of aliphatic imine (C=N–C) groups is 1. The molecule has 4 rings (SSSR count). The van der Waals surface area contributed by atoms with Crippen molar-refractivity contribution >= 4 is 59.5 Å². The van der Waals surface area contributed by atoms with Crippen molar-refractivity contribution in [3.05, 3.63) is 95.6 Å². The van der Waals surface area contributed by atoms with Crippen molar-refractivity contribution in [3.8, 4) is 11.1 Å². The molecule has 0 aliphatic heterocycles.